The Morgan fingerprint density at radius 3 is 2.50 bits per heavy atom. The molecule has 11 heteroatoms. The number of anilines is 1. The molecule has 2 aromatic carbocycles. The maximum absolute atomic E-state index is 13.3. The first-order chi connectivity index (χ1) is 15.1. The van der Waals surface area contributed by atoms with E-state index in [1.165, 1.54) is 38.2 Å². The van der Waals surface area contributed by atoms with Crippen molar-refractivity contribution in [1.29, 1.82) is 0 Å². The van der Waals surface area contributed by atoms with Crippen molar-refractivity contribution >= 4 is 45.2 Å². The number of nitrogens with zero attached hydrogens (tertiary/aromatic N) is 1. The lowest BCUT2D eigenvalue weighted by Crippen LogP contribution is -2.43. The Kier molecular flexibility index (Phi) is 8.39. The molecule has 1 unspecified atom stereocenters. The van der Waals surface area contributed by atoms with Crippen LogP contribution in [0.4, 0.5) is 10.5 Å². The highest BCUT2D eigenvalue weighted by Crippen LogP contribution is 2.30. The van der Waals surface area contributed by atoms with E-state index >= 15 is 0 Å². The molecule has 0 fully saturated rings. The highest BCUT2D eigenvalue weighted by Gasteiger charge is 2.27. The summed E-state index contributed by atoms with van der Waals surface area (Å²) in [6.07, 6.45) is 0.117. The predicted molar refractivity (Wildman–Crippen MR) is 120 cm³/mol. The highest BCUT2D eigenvalue weighted by atomic mass is 35.5. The van der Waals surface area contributed by atoms with Crippen LogP contribution < -0.4 is 14.9 Å². The summed E-state index contributed by atoms with van der Waals surface area (Å²) >= 11 is 6.18. The fourth-order valence-corrected chi connectivity index (χ4v) is 4.35. The van der Waals surface area contributed by atoms with Crippen LogP contribution in [-0.4, -0.2) is 46.0 Å². The van der Waals surface area contributed by atoms with Crippen LogP contribution in [0.1, 0.15) is 17.3 Å². The quantitative estimate of drug-likeness (QED) is 0.443. The largest absolute Gasteiger partial charge is 0.449 e. The Bertz CT molecular complexity index is 1140. The molecule has 0 aliphatic rings. The molecule has 1 atom stereocenters. The lowest BCUT2D eigenvalue weighted by molar-refractivity contribution is -0.127. The highest BCUT2D eigenvalue weighted by molar-refractivity contribution is 7.92. The van der Waals surface area contributed by atoms with E-state index in [1.54, 1.807) is 24.3 Å². The van der Waals surface area contributed by atoms with Gasteiger partial charge in [-0.3, -0.25) is 14.4 Å². The second-order valence-corrected chi connectivity index (χ2v) is 8.69. The zero-order valence-corrected chi connectivity index (χ0v) is 18.9. The number of halogens is 1. The van der Waals surface area contributed by atoms with E-state index in [4.69, 9.17) is 16.3 Å². The minimum Gasteiger partial charge on any atom is -0.449 e. The van der Waals surface area contributed by atoms with Crippen LogP contribution in [0, 0.1) is 0 Å². The van der Waals surface area contributed by atoms with Crippen LogP contribution in [0.5, 0.6) is 0 Å². The molecule has 0 saturated carbocycles. The van der Waals surface area contributed by atoms with E-state index in [0.29, 0.717) is 0 Å². The summed E-state index contributed by atoms with van der Waals surface area (Å²) in [6.45, 7) is 4.81. The average Bonchev–Trinajstić information content (AvgIpc) is 2.77. The molecule has 0 aliphatic carbocycles. The maximum Gasteiger partial charge on any atom is 0.338 e. The molecule has 2 rings (SSSR count). The molecule has 170 valence electrons. The van der Waals surface area contributed by atoms with Gasteiger partial charge in [-0.25, -0.2) is 18.0 Å². The van der Waals surface area contributed by atoms with Crippen LogP contribution in [0.15, 0.2) is 66.1 Å². The summed E-state index contributed by atoms with van der Waals surface area (Å²) < 4.78 is 32.7. The van der Waals surface area contributed by atoms with Gasteiger partial charge in [-0.15, -0.1) is 6.58 Å². The molecule has 0 aliphatic heterocycles. The summed E-state index contributed by atoms with van der Waals surface area (Å²) in [5, 5.41) is 4.41. The van der Waals surface area contributed by atoms with E-state index in [-0.39, 0.29) is 27.7 Å². The molecule has 0 saturated heterocycles. The van der Waals surface area contributed by atoms with E-state index in [2.05, 4.69) is 11.9 Å². The molecule has 0 radical (unpaired) electrons. The standard InChI is InChI=1S/C21H22ClN3O6S/c1-4-12-25(18-11-6-5-10-17(18)22)32(29,30)16-9-7-8-15(13-16)20(27)31-14(2)19(26)24-21(28)23-3/h4-11,13-14H,1,12H2,2-3H3,(H2,23,24,26,28). The summed E-state index contributed by atoms with van der Waals surface area (Å²) in [7, 11) is -2.80. The molecule has 3 amide bonds. The van der Waals surface area contributed by atoms with Crippen molar-refractivity contribution in [2.24, 2.45) is 0 Å². The van der Waals surface area contributed by atoms with E-state index in [0.717, 1.165) is 10.4 Å². The minimum atomic E-state index is -4.12. The van der Waals surface area contributed by atoms with Crippen molar-refractivity contribution in [3.63, 3.8) is 0 Å². The van der Waals surface area contributed by atoms with Gasteiger partial charge in [-0.1, -0.05) is 35.9 Å². The van der Waals surface area contributed by atoms with Gasteiger partial charge in [0.2, 0.25) is 0 Å². The summed E-state index contributed by atoms with van der Waals surface area (Å²) in [5.41, 5.74) is 0.157. The molecule has 2 N–H and O–H groups in total. The zero-order chi connectivity index (χ0) is 23.9. The van der Waals surface area contributed by atoms with Crippen LogP contribution in [-0.2, 0) is 19.6 Å². The zero-order valence-electron chi connectivity index (χ0n) is 17.4. The van der Waals surface area contributed by atoms with Crippen molar-refractivity contribution in [3.8, 4) is 0 Å². The summed E-state index contributed by atoms with van der Waals surface area (Å²) in [6, 6.07) is 10.8. The second kappa shape index (κ2) is 10.8. The fourth-order valence-electron chi connectivity index (χ4n) is 2.57. The number of hydrogen-bond donors (Lipinski definition) is 2. The number of esters is 1. The molecular weight excluding hydrogens is 458 g/mol. The van der Waals surface area contributed by atoms with Crippen molar-refractivity contribution in [3.05, 3.63) is 71.8 Å². The van der Waals surface area contributed by atoms with E-state index in [1.807, 2.05) is 5.32 Å². The number of benzene rings is 2. The number of amides is 3. The first kappa shape index (κ1) is 24.9. The number of hydrogen-bond acceptors (Lipinski definition) is 6. The van der Waals surface area contributed by atoms with Crippen molar-refractivity contribution in [2.45, 2.75) is 17.9 Å². The van der Waals surface area contributed by atoms with Crippen LogP contribution >= 0.6 is 11.6 Å². The van der Waals surface area contributed by atoms with Gasteiger partial charge in [0.05, 0.1) is 27.7 Å². The first-order valence-corrected chi connectivity index (χ1v) is 11.2. The number of urea groups is 1. The third-order valence-electron chi connectivity index (χ3n) is 4.19. The molecule has 9 nitrogen and oxygen atoms in total. The Labute approximate surface area is 191 Å². The van der Waals surface area contributed by atoms with Gasteiger partial charge in [0.15, 0.2) is 6.10 Å². The van der Waals surface area contributed by atoms with E-state index in [9.17, 15) is 22.8 Å². The van der Waals surface area contributed by atoms with Gasteiger partial charge in [-0.2, -0.15) is 0 Å². The van der Waals surface area contributed by atoms with Crippen molar-refractivity contribution in [2.75, 3.05) is 17.9 Å². The molecule has 0 aromatic heterocycles. The molecular formula is C21H22ClN3O6S. The number of carbonyl (C=O) groups is 3. The first-order valence-electron chi connectivity index (χ1n) is 9.33. The Balaban J connectivity index is 2.31. The summed E-state index contributed by atoms with van der Waals surface area (Å²) in [4.78, 5) is 35.4. The number of carbonyl (C=O) groups excluding carboxylic acids is 3. The normalized spacial score (nSPS) is 11.7. The Morgan fingerprint density at radius 1 is 1.19 bits per heavy atom. The van der Waals surface area contributed by atoms with Gasteiger partial charge in [0.1, 0.15) is 0 Å². The monoisotopic (exact) mass is 479 g/mol. The number of para-hydroxylation sites is 1. The van der Waals surface area contributed by atoms with Gasteiger partial charge < -0.3 is 10.1 Å². The smallest absolute Gasteiger partial charge is 0.338 e. The number of sulfonamides is 1. The van der Waals surface area contributed by atoms with Gasteiger partial charge >= 0.3 is 12.0 Å². The minimum absolute atomic E-state index is 0.0581. The fraction of sp³-hybridized carbons (Fsp3) is 0.190. The van der Waals surface area contributed by atoms with Gasteiger partial charge in [0, 0.05) is 7.05 Å². The van der Waals surface area contributed by atoms with Crippen LogP contribution in [0.3, 0.4) is 0 Å². The second-order valence-electron chi connectivity index (χ2n) is 6.42. The van der Waals surface area contributed by atoms with Gasteiger partial charge in [-0.05, 0) is 37.3 Å². The van der Waals surface area contributed by atoms with Crippen LogP contribution in [0.2, 0.25) is 5.02 Å². The van der Waals surface area contributed by atoms with Gasteiger partial charge in [0.25, 0.3) is 15.9 Å². The topological polar surface area (TPSA) is 122 Å². The molecule has 0 bridgehead atoms. The number of rotatable bonds is 8. The van der Waals surface area contributed by atoms with Crippen molar-refractivity contribution in [1.82, 2.24) is 10.6 Å². The predicted octanol–water partition coefficient (Wildman–Crippen LogP) is 2.72. The lowest BCUT2D eigenvalue weighted by atomic mass is 10.2. The third kappa shape index (κ3) is 5.86. The lowest BCUT2D eigenvalue weighted by Gasteiger charge is -2.24. The SMILES string of the molecule is C=CCN(c1ccccc1Cl)S(=O)(=O)c1cccc(C(=O)OC(C)C(=O)NC(=O)NC)c1. The molecule has 2 aromatic rings. The Hall–Kier alpha value is -3.37. The molecule has 32 heavy (non-hydrogen) atoms. The average molecular weight is 480 g/mol. The summed E-state index contributed by atoms with van der Waals surface area (Å²) in [5.74, 6) is -1.77. The molecule has 0 spiro atoms. The number of imide groups is 1. The maximum atomic E-state index is 13.3. The third-order valence-corrected chi connectivity index (χ3v) is 6.29. The number of nitrogens with one attached hydrogen (secondary N) is 2. The molecule has 0 heterocycles. The van der Waals surface area contributed by atoms with E-state index < -0.39 is 34.0 Å². The van der Waals surface area contributed by atoms with Crippen molar-refractivity contribution < 1.29 is 27.5 Å². The van der Waals surface area contributed by atoms with Crippen LogP contribution in [0.25, 0.3) is 0 Å². The Morgan fingerprint density at radius 2 is 1.88 bits per heavy atom. The number of ether oxygens (including phenoxy) is 1.